The highest BCUT2D eigenvalue weighted by molar-refractivity contribution is 6.04. The predicted octanol–water partition coefficient (Wildman–Crippen LogP) is 3.88. The lowest BCUT2D eigenvalue weighted by atomic mass is 10.1. The number of aromatic nitrogens is 3. The zero-order valence-electron chi connectivity index (χ0n) is 12.7. The number of aromatic amines is 1. The van der Waals surface area contributed by atoms with Gasteiger partial charge in [0, 0.05) is 11.8 Å². The van der Waals surface area contributed by atoms with E-state index in [-0.39, 0.29) is 11.7 Å². The largest absolute Gasteiger partial charge is 0.334 e. The summed E-state index contributed by atoms with van der Waals surface area (Å²) in [6.07, 6.45) is 1.65. The number of amides is 1. The van der Waals surface area contributed by atoms with Crippen LogP contribution in [0.15, 0.2) is 72.9 Å². The zero-order chi connectivity index (χ0) is 16.4. The molecule has 1 amide bonds. The van der Waals surface area contributed by atoms with Gasteiger partial charge in [-0.25, -0.2) is 9.97 Å². The molecule has 0 aliphatic heterocycles. The fourth-order valence-electron chi connectivity index (χ4n) is 2.58. The summed E-state index contributed by atoms with van der Waals surface area (Å²) in [5.41, 5.74) is 3.44. The van der Waals surface area contributed by atoms with Crippen molar-refractivity contribution >= 4 is 22.8 Å². The molecule has 0 bridgehead atoms. The topological polar surface area (TPSA) is 70.7 Å². The van der Waals surface area contributed by atoms with Crippen molar-refractivity contribution in [2.75, 3.05) is 5.32 Å². The molecule has 0 aliphatic carbocycles. The monoisotopic (exact) mass is 314 g/mol. The number of nitrogens with zero attached hydrogens (tertiary/aromatic N) is 2. The Hall–Kier alpha value is -3.47. The Labute approximate surface area is 138 Å². The van der Waals surface area contributed by atoms with E-state index in [0.717, 1.165) is 22.2 Å². The summed E-state index contributed by atoms with van der Waals surface area (Å²) < 4.78 is 0. The molecule has 2 aromatic carbocycles. The van der Waals surface area contributed by atoms with E-state index in [4.69, 9.17) is 0 Å². The highest BCUT2D eigenvalue weighted by Crippen LogP contribution is 2.25. The minimum Gasteiger partial charge on any atom is -0.334 e. The molecule has 0 fully saturated rings. The zero-order valence-corrected chi connectivity index (χ0v) is 12.7. The number of anilines is 1. The van der Waals surface area contributed by atoms with Crippen molar-refractivity contribution in [3.63, 3.8) is 0 Å². The predicted molar refractivity (Wildman–Crippen MR) is 93.7 cm³/mol. The number of pyridine rings is 1. The molecule has 4 aromatic rings. The Morgan fingerprint density at radius 3 is 2.54 bits per heavy atom. The van der Waals surface area contributed by atoms with Gasteiger partial charge in [-0.05, 0) is 29.8 Å². The third-order valence-electron chi connectivity index (χ3n) is 3.73. The van der Waals surface area contributed by atoms with Gasteiger partial charge in [-0.15, -0.1) is 0 Å². The van der Waals surface area contributed by atoms with Crippen LogP contribution in [0.5, 0.6) is 0 Å². The number of hydrogen-bond donors (Lipinski definition) is 2. The maximum Gasteiger partial charge on any atom is 0.292 e. The van der Waals surface area contributed by atoms with Crippen molar-refractivity contribution < 1.29 is 4.79 Å². The third kappa shape index (κ3) is 2.63. The maximum absolute atomic E-state index is 12.5. The van der Waals surface area contributed by atoms with Crippen LogP contribution in [0.1, 0.15) is 10.6 Å². The van der Waals surface area contributed by atoms with E-state index < -0.39 is 0 Å². The summed E-state index contributed by atoms with van der Waals surface area (Å²) in [6.45, 7) is 0. The van der Waals surface area contributed by atoms with Gasteiger partial charge in [-0.3, -0.25) is 4.79 Å². The fourth-order valence-corrected chi connectivity index (χ4v) is 2.58. The Morgan fingerprint density at radius 2 is 1.71 bits per heavy atom. The van der Waals surface area contributed by atoms with E-state index in [1.54, 1.807) is 6.20 Å². The molecule has 2 aromatic heterocycles. The van der Waals surface area contributed by atoms with Gasteiger partial charge in [0.15, 0.2) is 5.82 Å². The van der Waals surface area contributed by atoms with Crippen LogP contribution in [0, 0.1) is 0 Å². The molecule has 24 heavy (non-hydrogen) atoms. The van der Waals surface area contributed by atoms with Crippen LogP contribution in [0.2, 0.25) is 0 Å². The summed E-state index contributed by atoms with van der Waals surface area (Å²) in [6, 6.07) is 21.1. The first kappa shape index (κ1) is 14.1. The van der Waals surface area contributed by atoms with Gasteiger partial charge >= 0.3 is 0 Å². The highest BCUT2D eigenvalue weighted by Gasteiger charge is 2.14. The van der Waals surface area contributed by atoms with Crippen molar-refractivity contribution in [2.24, 2.45) is 0 Å². The molecule has 5 nitrogen and oxygen atoms in total. The van der Waals surface area contributed by atoms with Crippen LogP contribution in [-0.2, 0) is 0 Å². The summed E-state index contributed by atoms with van der Waals surface area (Å²) >= 11 is 0. The van der Waals surface area contributed by atoms with Crippen LogP contribution >= 0.6 is 0 Å². The fraction of sp³-hybridized carbons (Fsp3) is 0. The van der Waals surface area contributed by atoms with E-state index in [2.05, 4.69) is 20.3 Å². The smallest absolute Gasteiger partial charge is 0.292 e. The van der Waals surface area contributed by atoms with Gasteiger partial charge in [0.25, 0.3) is 5.91 Å². The van der Waals surface area contributed by atoms with Crippen LogP contribution < -0.4 is 5.32 Å². The van der Waals surface area contributed by atoms with Crippen LogP contribution in [0.25, 0.3) is 22.2 Å². The lowest BCUT2D eigenvalue weighted by molar-refractivity contribution is 0.101. The second-order valence-electron chi connectivity index (χ2n) is 5.32. The summed E-state index contributed by atoms with van der Waals surface area (Å²) in [4.78, 5) is 24.2. The molecular formula is C19H14N4O. The number of nitrogens with one attached hydrogen (secondary N) is 2. The van der Waals surface area contributed by atoms with Gasteiger partial charge in [0.05, 0.1) is 11.0 Å². The minimum absolute atomic E-state index is 0.265. The van der Waals surface area contributed by atoms with Crippen molar-refractivity contribution in [3.8, 4) is 11.1 Å². The molecule has 0 unspecified atom stereocenters. The molecule has 0 saturated carbocycles. The number of rotatable bonds is 3. The number of para-hydroxylation sites is 2. The van der Waals surface area contributed by atoms with E-state index in [1.165, 1.54) is 0 Å². The first-order chi connectivity index (χ1) is 11.8. The molecule has 0 atom stereocenters. The number of fused-ring (bicyclic) bond motifs is 1. The summed E-state index contributed by atoms with van der Waals surface area (Å²) in [7, 11) is 0. The molecule has 5 heteroatoms. The second kappa shape index (κ2) is 5.96. The van der Waals surface area contributed by atoms with Crippen LogP contribution in [-0.4, -0.2) is 20.9 Å². The average molecular weight is 314 g/mol. The van der Waals surface area contributed by atoms with Gasteiger partial charge in [-0.1, -0.05) is 42.5 Å². The SMILES string of the molecule is O=C(Nc1ncccc1-c1ccccc1)c1nc2ccccc2[nH]1. The molecule has 0 spiro atoms. The Morgan fingerprint density at radius 1 is 0.917 bits per heavy atom. The molecule has 2 N–H and O–H groups in total. The molecule has 2 heterocycles. The van der Waals surface area contributed by atoms with Crippen molar-refractivity contribution in [1.29, 1.82) is 0 Å². The van der Waals surface area contributed by atoms with Crippen LogP contribution in [0.3, 0.4) is 0 Å². The second-order valence-corrected chi connectivity index (χ2v) is 5.32. The van der Waals surface area contributed by atoms with Crippen molar-refractivity contribution in [1.82, 2.24) is 15.0 Å². The lowest BCUT2D eigenvalue weighted by Crippen LogP contribution is -2.15. The Bertz CT molecular complexity index is 975. The minimum atomic E-state index is -0.318. The van der Waals surface area contributed by atoms with E-state index >= 15 is 0 Å². The number of carbonyl (C=O) groups is 1. The molecule has 0 radical (unpaired) electrons. The van der Waals surface area contributed by atoms with Gasteiger partial charge < -0.3 is 10.3 Å². The van der Waals surface area contributed by atoms with E-state index in [1.807, 2.05) is 66.7 Å². The normalized spacial score (nSPS) is 10.7. The number of hydrogen-bond acceptors (Lipinski definition) is 3. The lowest BCUT2D eigenvalue weighted by Gasteiger charge is -2.09. The van der Waals surface area contributed by atoms with E-state index in [0.29, 0.717) is 5.82 Å². The number of H-pyrrole nitrogens is 1. The van der Waals surface area contributed by atoms with Gasteiger partial charge in [-0.2, -0.15) is 0 Å². The van der Waals surface area contributed by atoms with Gasteiger partial charge in [0.2, 0.25) is 0 Å². The number of benzene rings is 2. The molecule has 0 saturated heterocycles. The first-order valence-corrected chi connectivity index (χ1v) is 7.58. The average Bonchev–Trinajstić information content (AvgIpc) is 3.07. The quantitative estimate of drug-likeness (QED) is 0.603. The molecule has 4 rings (SSSR count). The first-order valence-electron chi connectivity index (χ1n) is 7.58. The summed E-state index contributed by atoms with van der Waals surface area (Å²) in [5, 5.41) is 2.84. The maximum atomic E-state index is 12.5. The Balaban J connectivity index is 1.67. The molecular weight excluding hydrogens is 300 g/mol. The van der Waals surface area contributed by atoms with E-state index in [9.17, 15) is 4.79 Å². The number of imidazole rings is 1. The third-order valence-corrected chi connectivity index (χ3v) is 3.73. The highest BCUT2D eigenvalue weighted by atomic mass is 16.2. The number of carbonyl (C=O) groups excluding carboxylic acids is 1. The van der Waals surface area contributed by atoms with Crippen molar-refractivity contribution in [3.05, 3.63) is 78.8 Å². The van der Waals surface area contributed by atoms with Crippen LogP contribution in [0.4, 0.5) is 5.82 Å². The molecule has 116 valence electrons. The Kier molecular flexibility index (Phi) is 3.51. The van der Waals surface area contributed by atoms with Crippen molar-refractivity contribution in [2.45, 2.75) is 0 Å². The van der Waals surface area contributed by atoms with Gasteiger partial charge in [0.1, 0.15) is 5.82 Å². The molecule has 0 aliphatic rings. The summed E-state index contributed by atoms with van der Waals surface area (Å²) in [5.74, 6) is 0.456. The standard InChI is InChI=1S/C19H14N4O/c24-19(18-21-15-10-4-5-11-16(15)22-18)23-17-14(9-6-12-20-17)13-7-2-1-3-8-13/h1-12H,(H,21,22)(H,20,23,24).